The fraction of sp³-hybridized carbons (Fsp3) is 0.308. The Morgan fingerprint density at radius 2 is 1.95 bits per heavy atom. The number of esters is 1. The van der Waals surface area contributed by atoms with Gasteiger partial charge in [-0.3, -0.25) is 10.1 Å². The van der Waals surface area contributed by atoms with E-state index in [1.807, 2.05) is 0 Å². The number of para-hydroxylation sites is 1. The quantitative estimate of drug-likeness (QED) is 0.635. The zero-order chi connectivity index (χ0) is 15.0. The van der Waals surface area contributed by atoms with E-state index in [1.165, 1.54) is 6.07 Å². The van der Waals surface area contributed by atoms with Gasteiger partial charge < -0.3 is 10.1 Å². The van der Waals surface area contributed by atoms with Crippen LogP contribution in [-0.4, -0.2) is 29.8 Å². The number of halogens is 1. The van der Waals surface area contributed by atoms with Crippen LogP contribution in [-0.2, 0) is 9.53 Å². The summed E-state index contributed by atoms with van der Waals surface area (Å²) in [6.45, 7) is 1.93. The van der Waals surface area contributed by atoms with Gasteiger partial charge in [-0.1, -0.05) is 28.1 Å². The Morgan fingerprint density at radius 1 is 1.25 bits per heavy atom. The molecule has 0 heterocycles. The minimum atomic E-state index is -0.687. The summed E-state index contributed by atoms with van der Waals surface area (Å²) in [5.74, 6) is -0.942. The summed E-state index contributed by atoms with van der Waals surface area (Å²) < 4.78 is 4.89. The molecule has 0 unspecified atom stereocenters. The Kier molecular flexibility index (Phi) is 6.72. The molecule has 0 bridgehead atoms. The third-order valence-corrected chi connectivity index (χ3v) is 2.64. The highest BCUT2D eigenvalue weighted by atomic mass is 79.9. The van der Waals surface area contributed by atoms with Crippen molar-refractivity contribution in [3.05, 3.63) is 29.8 Å². The van der Waals surface area contributed by atoms with Gasteiger partial charge in [0.05, 0.1) is 17.9 Å². The lowest BCUT2D eigenvalue weighted by Crippen LogP contribution is -2.34. The molecule has 0 saturated carbocycles. The van der Waals surface area contributed by atoms with Gasteiger partial charge in [0.2, 0.25) is 5.91 Å². The fourth-order valence-corrected chi connectivity index (χ4v) is 1.77. The second kappa shape index (κ2) is 8.31. The van der Waals surface area contributed by atoms with Gasteiger partial charge in [-0.15, -0.1) is 0 Å². The van der Waals surface area contributed by atoms with Crippen molar-refractivity contribution in [1.82, 2.24) is 5.32 Å². The minimum Gasteiger partial charge on any atom is -0.462 e. The number of carbonyl (C=O) groups is 3. The Morgan fingerprint density at radius 3 is 2.60 bits per heavy atom. The van der Waals surface area contributed by atoms with Gasteiger partial charge in [0.25, 0.3) is 0 Å². The number of imide groups is 1. The zero-order valence-corrected chi connectivity index (χ0v) is 12.5. The molecule has 2 N–H and O–H groups in total. The molecule has 0 aliphatic rings. The number of urea groups is 1. The fourth-order valence-electron chi connectivity index (χ4n) is 1.41. The SMILES string of the molecule is CCOC(=O)c1ccccc1NC(=O)NC(=O)CCBr. The highest BCUT2D eigenvalue weighted by molar-refractivity contribution is 9.09. The average molecular weight is 343 g/mol. The Bertz CT molecular complexity index is 505. The second-order valence-electron chi connectivity index (χ2n) is 3.71. The molecule has 108 valence electrons. The van der Waals surface area contributed by atoms with Gasteiger partial charge in [0.15, 0.2) is 0 Å². The number of anilines is 1. The molecule has 0 aromatic heterocycles. The van der Waals surface area contributed by atoms with Crippen LogP contribution >= 0.6 is 15.9 Å². The summed E-state index contributed by atoms with van der Waals surface area (Å²) >= 11 is 3.10. The van der Waals surface area contributed by atoms with Gasteiger partial charge in [-0.25, -0.2) is 9.59 Å². The molecule has 1 rings (SSSR count). The molecular weight excluding hydrogens is 328 g/mol. The van der Waals surface area contributed by atoms with Crippen molar-refractivity contribution in [2.75, 3.05) is 17.3 Å². The number of benzene rings is 1. The Hall–Kier alpha value is -1.89. The van der Waals surface area contributed by atoms with Crippen molar-refractivity contribution in [2.45, 2.75) is 13.3 Å². The summed E-state index contributed by atoms with van der Waals surface area (Å²) in [7, 11) is 0. The Balaban J connectivity index is 2.74. The predicted molar refractivity (Wildman–Crippen MR) is 78.0 cm³/mol. The van der Waals surface area contributed by atoms with Crippen LogP contribution in [0.3, 0.4) is 0 Å². The monoisotopic (exact) mass is 342 g/mol. The van der Waals surface area contributed by atoms with Crippen molar-refractivity contribution >= 4 is 39.5 Å². The van der Waals surface area contributed by atoms with E-state index in [2.05, 4.69) is 26.6 Å². The third-order valence-electron chi connectivity index (χ3n) is 2.25. The molecule has 20 heavy (non-hydrogen) atoms. The van der Waals surface area contributed by atoms with Gasteiger partial charge in [0, 0.05) is 11.8 Å². The summed E-state index contributed by atoms with van der Waals surface area (Å²) in [6.07, 6.45) is 0.187. The maximum absolute atomic E-state index is 11.7. The second-order valence-corrected chi connectivity index (χ2v) is 4.50. The maximum Gasteiger partial charge on any atom is 0.340 e. The molecule has 0 spiro atoms. The van der Waals surface area contributed by atoms with E-state index in [9.17, 15) is 14.4 Å². The van der Waals surface area contributed by atoms with E-state index in [0.717, 1.165) is 0 Å². The molecule has 0 aliphatic carbocycles. The average Bonchev–Trinajstić information content (AvgIpc) is 2.39. The van der Waals surface area contributed by atoms with Crippen molar-refractivity contribution in [3.8, 4) is 0 Å². The number of alkyl halides is 1. The van der Waals surface area contributed by atoms with Crippen molar-refractivity contribution < 1.29 is 19.1 Å². The highest BCUT2D eigenvalue weighted by Gasteiger charge is 2.14. The third kappa shape index (κ3) is 5.00. The van der Waals surface area contributed by atoms with Crippen LogP contribution in [0.2, 0.25) is 0 Å². The zero-order valence-electron chi connectivity index (χ0n) is 10.9. The normalized spacial score (nSPS) is 9.70. The molecule has 0 aliphatic heterocycles. The number of ether oxygens (including phenoxy) is 1. The molecule has 0 radical (unpaired) electrons. The van der Waals surface area contributed by atoms with Gasteiger partial charge >= 0.3 is 12.0 Å². The molecule has 1 aromatic carbocycles. The lowest BCUT2D eigenvalue weighted by molar-refractivity contribution is -0.119. The molecule has 7 heteroatoms. The first-order chi connectivity index (χ1) is 9.58. The molecule has 0 fully saturated rings. The first-order valence-corrected chi connectivity index (χ1v) is 7.13. The van der Waals surface area contributed by atoms with Crippen LogP contribution in [0, 0.1) is 0 Å². The van der Waals surface area contributed by atoms with Gasteiger partial charge in [0.1, 0.15) is 0 Å². The minimum absolute atomic E-state index is 0.187. The first-order valence-electron chi connectivity index (χ1n) is 6.01. The van der Waals surface area contributed by atoms with Gasteiger partial charge in [-0.2, -0.15) is 0 Å². The topological polar surface area (TPSA) is 84.5 Å². The maximum atomic E-state index is 11.7. The molecule has 1 aromatic rings. The number of amides is 3. The first kappa shape index (κ1) is 16.2. The number of carbonyl (C=O) groups excluding carboxylic acids is 3. The standard InChI is InChI=1S/C13H15BrN2O4/c1-2-20-12(18)9-5-3-4-6-10(9)15-13(19)16-11(17)7-8-14/h3-6H,2,7-8H2,1H3,(H2,15,16,17,19). The van der Waals surface area contributed by atoms with E-state index in [1.54, 1.807) is 25.1 Å². The van der Waals surface area contributed by atoms with E-state index >= 15 is 0 Å². The summed E-state index contributed by atoms with van der Waals surface area (Å²) in [5.41, 5.74) is 0.521. The van der Waals surface area contributed by atoms with Crippen LogP contribution in [0.1, 0.15) is 23.7 Å². The van der Waals surface area contributed by atoms with E-state index < -0.39 is 17.9 Å². The van der Waals surface area contributed by atoms with Gasteiger partial charge in [-0.05, 0) is 19.1 Å². The van der Waals surface area contributed by atoms with Crippen LogP contribution in [0.5, 0.6) is 0 Å². The molecular formula is C13H15BrN2O4. The molecule has 3 amide bonds. The van der Waals surface area contributed by atoms with Crippen LogP contribution < -0.4 is 10.6 Å². The molecule has 0 atom stereocenters. The van der Waals surface area contributed by atoms with Crippen LogP contribution in [0.25, 0.3) is 0 Å². The van der Waals surface area contributed by atoms with Crippen LogP contribution in [0.15, 0.2) is 24.3 Å². The molecule has 0 saturated heterocycles. The lowest BCUT2D eigenvalue weighted by Gasteiger charge is -2.10. The Labute approximate surface area is 125 Å². The summed E-state index contributed by atoms with van der Waals surface area (Å²) in [5, 5.41) is 5.07. The van der Waals surface area contributed by atoms with E-state index in [0.29, 0.717) is 5.33 Å². The highest BCUT2D eigenvalue weighted by Crippen LogP contribution is 2.16. The molecule has 6 nitrogen and oxygen atoms in total. The largest absolute Gasteiger partial charge is 0.462 e. The lowest BCUT2D eigenvalue weighted by atomic mass is 10.2. The smallest absolute Gasteiger partial charge is 0.340 e. The summed E-state index contributed by atoms with van der Waals surface area (Å²) in [6, 6.07) is 5.73. The van der Waals surface area contributed by atoms with Crippen molar-refractivity contribution in [3.63, 3.8) is 0 Å². The number of hydrogen-bond donors (Lipinski definition) is 2. The van der Waals surface area contributed by atoms with Crippen molar-refractivity contribution in [1.29, 1.82) is 0 Å². The van der Waals surface area contributed by atoms with Crippen molar-refractivity contribution in [2.24, 2.45) is 0 Å². The predicted octanol–water partition coefficient (Wildman–Crippen LogP) is 2.30. The summed E-state index contributed by atoms with van der Waals surface area (Å²) in [4.78, 5) is 34.6. The number of rotatable bonds is 5. The number of hydrogen-bond acceptors (Lipinski definition) is 4. The van der Waals surface area contributed by atoms with E-state index in [-0.39, 0.29) is 24.3 Å². The number of nitrogens with one attached hydrogen (secondary N) is 2. The van der Waals surface area contributed by atoms with E-state index in [4.69, 9.17) is 4.74 Å². The van der Waals surface area contributed by atoms with Crippen LogP contribution in [0.4, 0.5) is 10.5 Å².